The molecule has 1 amide bonds. The summed E-state index contributed by atoms with van der Waals surface area (Å²) in [6.45, 7) is 5.09. The highest BCUT2D eigenvalue weighted by Crippen LogP contribution is 2.07. The molecule has 0 spiro atoms. The number of nitrogens with zero attached hydrogens (tertiary/aromatic N) is 2. The molecule has 2 N–H and O–H groups in total. The molecule has 0 saturated carbocycles. The summed E-state index contributed by atoms with van der Waals surface area (Å²) in [7, 11) is -3.75. The average molecular weight is 451 g/mol. The molecule has 1 aromatic carbocycles. The summed E-state index contributed by atoms with van der Waals surface area (Å²) in [4.78, 5) is 12.6. The SMILES string of the molecule is CSCCC(NS(=O)(=O)/C=C/c1ccccc1)C(=O)NCCCn1nc(C)cc1C. The number of thioether (sulfide) groups is 1. The van der Waals surface area contributed by atoms with Gasteiger partial charge in [0, 0.05) is 24.2 Å². The summed E-state index contributed by atoms with van der Waals surface area (Å²) in [5.74, 6) is 0.364. The lowest BCUT2D eigenvalue weighted by atomic mass is 10.2. The van der Waals surface area contributed by atoms with Gasteiger partial charge in [0.1, 0.15) is 6.04 Å². The highest BCUT2D eigenvalue weighted by Gasteiger charge is 2.22. The fourth-order valence-corrected chi connectivity index (χ4v) is 4.42. The van der Waals surface area contributed by atoms with Crippen molar-refractivity contribution in [3.8, 4) is 0 Å². The van der Waals surface area contributed by atoms with Crippen molar-refractivity contribution in [3.63, 3.8) is 0 Å². The molecule has 0 fully saturated rings. The summed E-state index contributed by atoms with van der Waals surface area (Å²) in [6.07, 6.45) is 4.57. The van der Waals surface area contributed by atoms with Crippen molar-refractivity contribution >= 4 is 33.8 Å². The van der Waals surface area contributed by atoms with Crippen molar-refractivity contribution in [3.05, 3.63) is 58.8 Å². The number of hydrogen-bond acceptors (Lipinski definition) is 5. The first-order chi connectivity index (χ1) is 14.3. The zero-order chi connectivity index (χ0) is 22.0. The van der Waals surface area contributed by atoms with Crippen LogP contribution in [-0.2, 0) is 21.4 Å². The number of aryl methyl sites for hydroxylation is 3. The van der Waals surface area contributed by atoms with E-state index in [1.165, 1.54) is 6.08 Å². The Hall–Kier alpha value is -2.10. The Morgan fingerprint density at radius 2 is 2.00 bits per heavy atom. The van der Waals surface area contributed by atoms with E-state index in [1.54, 1.807) is 11.8 Å². The Labute approximate surface area is 183 Å². The Morgan fingerprint density at radius 3 is 2.63 bits per heavy atom. The molecule has 7 nitrogen and oxygen atoms in total. The average Bonchev–Trinajstić information content (AvgIpc) is 3.04. The predicted molar refractivity (Wildman–Crippen MR) is 124 cm³/mol. The van der Waals surface area contributed by atoms with E-state index >= 15 is 0 Å². The largest absolute Gasteiger partial charge is 0.355 e. The smallest absolute Gasteiger partial charge is 0.238 e. The fourth-order valence-electron chi connectivity index (χ4n) is 2.91. The van der Waals surface area contributed by atoms with Crippen molar-refractivity contribution in [2.75, 3.05) is 18.6 Å². The standard InChI is InChI=1S/C21H30N4O3S2/c1-17-16-18(2)25(23-17)13-7-12-22-21(26)20(10-14-29-3)24-30(27,28)15-11-19-8-5-4-6-9-19/h4-6,8-9,11,15-16,20,24H,7,10,12-14H2,1-3H3,(H,22,26)/b15-11+. The zero-order valence-electron chi connectivity index (χ0n) is 17.7. The van der Waals surface area contributed by atoms with Crippen LogP contribution in [0.15, 0.2) is 41.8 Å². The lowest BCUT2D eigenvalue weighted by Gasteiger charge is -2.17. The van der Waals surface area contributed by atoms with E-state index in [-0.39, 0.29) is 5.91 Å². The van der Waals surface area contributed by atoms with Crippen LogP contribution >= 0.6 is 11.8 Å². The molecule has 1 unspecified atom stereocenters. The molecule has 0 aliphatic carbocycles. The van der Waals surface area contributed by atoms with Crippen molar-refractivity contribution in [2.45, 2.75) is 39.3 Å². The number of carbonyl (C=O) groups is 1. The van der Waals surface area contributed by atoms with E-state index in [2.05, 4.69) is 15.1 Å². The molecule has 1 aromatic heterocycles. The van der Waals surface area contributed by atoms with Gasteiger partial charge in [-0.2, -0.15) is 21.6 Å². The molecular weight excluding hydrogens is 420 g/mol. The molecule has 1 heterocycles. The van der Waals surface area contributed by atoms with Crippen LogP contribution in [0.2, 0.25) is 0 Å². The molecule has 2 aromatic rings. The monoisotopic (exact) mass is 450 g/mol. The molecule has 0 radical (unpaired) electrons. The quantitative estimate of drug-likeness (QED) is 0.485. The second kappa shape index (κ2) is 11.9. The summed E-state index contributed by atoms with van der Waals surface area (Å²) in [5, 5.41) is 8.34. The van der Waals surface area contributed by atoms with Gasteiger partial charge in [-0.1, -0.05) is 30.3 Å². The fraction of sp³-hybridized carbons (Fsp3) is 0.429. The Kier molecular flexibility index (Phi) is 9.61. The van der Waals surface area contributed by atoms with E-state index in [9.17, 15) is 13.2 Å². The van der Waals surface area contributed by atoms with Crippen LogP contribution in [0.3, 0.4) is 0 Å². The van der Waals surface area contributed by atoms with Gasteiger partial charge >= 0.3 is 0 Å². The molecule has 9 heteroatoms. The number of sulfonamides is 1. The predicted octanol–water partition coefficient (Wildman–Crippen LogP) is 2.72. The molecule has 30 heavy (non-hydrogen) atoms. The first-order valence-corrected chi connectivity index (χ1v) is 12.8. The molecule has 164 valence electrons. The number of carbonyl (C=O) groups excluding carboxylic acids is 1. The molecule has 2 rings (SSSR count). The second-order valence-electron chi connectivity index (χ2n) is 7.01. The molecule has 0 aliphatic heterocycles. The topological polar surface area (TPSA) is 93.1 Å². The zero-order valence-corrected chi connectivity index (χ0v) is 19.3. The van der Waals surface area contributed by atoms with Crippen molar-refractivity contribution < 1.29 is 13.2 Å². The molecule has 0 aliphatic rings. The van der Waals surface area contributed by atoms with Gasteiger partial charge in [-0.15, -0.1) is 0 Å². The van der Waals surface area contributed by atoms with E-state index in [0.717, 1.165) is 22.4 Å². The summed E-state index contributed by atoms with van der Waals surface area (Å²) >= 11 is 1.57. The van der Waals surface area contributed by atoms with E-state index in [0.29, 0.717) is 31.7 Å². The number of rotatable bonds is 12. The number of nitrogens with one attached hydrogen (secondary N) is 2. The Bertz CT molecular complexity index is 940. The first-order valence-electron chi connectivity index (χ1n) is 9.84. The number of aromatic nitrogens is 2. The van der Waals surface area contributed by atoms with Crippen LogP contribution in [0, 0.1) is 13.8 Å². The maximum absolute atomic E-state index is 12.6. The number of benzene rings is 1. The van der Waals surface area contributed by atoms with Gasteiger partial charge < -0.3 is 5.32 Å². The van der Waals surface area contributed by atoms with Gasteiger partial charge in [-0.25, -0.2) is 8.42 Å². The van der Waals surface area contributed by atoms with Crippen molar-refractivity contribution in [1.29, 1.82) is 0 Å². The minimum Gasteiger partial charge on any atom is -0.355 e. The highest BCUT2D eigenvalue weighted by atomic mass is 32.2. The lowest BCUT2D eigenvalue weighted by Crippen LogP contribution is -2.46. The maximum Gasteiger partial charge on any atom is 0.238 e. The van der Waals surface area contributed by atoms with Gasteiger partial charge in [0.05, 0.1) is 5.69 Å². The van der Waals surface area contributed by atoms with Crippen molar-refractivity contribution in [1.82, 2.24) is 19.8 Å². The normalized spacial score (nSPS) is 12.9. The van der Waals surface area contributed by atoms with Crippen LogP contribution < -0.4 is 10.0 Å². The van der Waals surface area contributed by atoms with Crippen LogP contribution in [-0.4, -0.2) is 48.7 Å². The van der Waals surface area contributed by atoms with Crippen LogP contribution in [0.25, 0.3) is 6.08 Å². The van der Waals surface area contributed by atoms with Gasteiger partial charge in [0.2, 0.25) is 15.9 Å². The minimum absolute atomic E-state index is 0.311. The van der Waals surface area contributed by atoms with E-state index < -0.39 is 16.1 Å². The van der Waals surface area contributed by atoms with Gasteiger partial charge in [-0.05, 0) is 56.4 Å². The van der Waals surface area contributed by atoms with Crippen molar-refractivity contribution in [2.24, 2.45) is 0 Å². The van der Waals surface area contributed by atoms with E-state index in [4.69, 9.17) is 0 Å². The molecule has 0 bridgehead atoms. The van der Waals surface area contributed by atoms with Crippen LogP contribution in [0.4, 0.5) is 0 Å². The number of amides is 1. The molecular formula is C21H30N4O3S2. The summed E-state index contributed by atoms with van der Waals surface area (Å²) in [5.41, 5.74) is 2.82. The third-order valence-corrected chi connectivity index (χ3v) is 6.17. The van der Waals surface area contributed by atoms with Gasteiger partial charge in [-0.3, -0.25) is 9.48 Å². The highest BCUT2D eigenvalue weighted by molar-refractivity contribution is 7.98. The second-order valence-corrected chi connectivity index (χ2v) is 9.59. The Morgan fingerprint density at radius 1 is 1.27 bits per heavy atom. The van der Waals surface area contributed by atoms with Crippen LogP contribution in [0.5, 0.6) is 0 Å². The summed E-state index contributed by atoms with van der Waals surface area (Å²) in [6, 6.07) is 10.4. The van der Waals surface area contributed by atoms with E-state index in [1.807, 2.05) is 61.2 Å². The summed E-state index contributed by atoms with van der Waals surface area (Å²) < 4.78 is 29.3. The minimum atomic E-state index is -3.75. The van der Waals surface area contributed by atoms with Gasteiger partial charge in [0.15, 0.2) is 0 Å². The Balaban J connectivity index is 1.90. The first kappa shape index (κ1) is 24.2. The van der Waals surface area contributed by atoms with Crippen LogP contribution in [0.1, 0.15) is 29.8 Å². The molecule has 1 atom stereocenters. The number of hydrogen-bond donors (Lipinski definition) is 2. The lowest BCUT2D eigenvalue weighted by molar-refractivity contribution is -0.122. The molecule has 0 saturated heterocycles. The third kappa shape index (κ3) is 8.33. The third-order valence-electron chi connectivity index (χ3n) is 4.42. The maximum atomic E-state index is 12.6. The van der Waals surface area contributed by atoms with Gasteiger partial charge in [0.25, 0.3) is 0 Å².